The standard InChI is InChI=1S/C18H17ClN2O3/c19-14-5-7-15(8-6-14)23-11-9-22-10-12-24-18-16-3-1-2-4-17(16)20-13-21-18/h1-8,13H,9-12H2. The minimum Gasteiger partial charge on any atom is -0.491 e. The van der Waals surface area contributed by atoms with Gasteiger partial charge in [-0.2, -0.15) is 0 Å². The number of benzene rings is 2. The summed E-state index contributed by atoms with van der Waals surface area (Å²) in [5, 5.41) is 1.58. The van der Waals surface area contributed by atoms with Crippen LogP contribution in [-0.4, -0.2) is 36.4 Å². The number of aromatic nitrogens is 2. The molecule has 0 amide bonds. The number of hydrogen-bond acceptors (Lipinski definition) is 5. The molecule has 0 N–H and O–H groups in total. The third kappa shape index (κ3) is 4.57. The van der Waals surface area contributed by atoms with E-state index < -0.39 is 0 Å². The van der Waals surface area contributed by atoms with Gasteiger partial charge in [0, 0.05) is 5.02 Å². The van der Waals surface area contributed by atoms with Gasteiger partial charge in [-0.3, -0.25) is 0 Å². The summed E-state index contributed by atoms with van der Waals surface area (Å²) in [6.07, 6.45) is 1.50. The molecule has 0 fully saturated rings. The summed E-state index contributed by atoms with van der Waals surface area (Å²) in [6.45, 7) is 1.83. The zero-order valence-corrected chi connectivity index (χ0v) is 13.8. The second-order valence-electron chi connectivity index (χ2n) is 4.96. The van der Waals surface area contributed by atoms with Crippen molar-refractivity contribution in [2.24, 2.45) is 0 Å². The summed E-state index contributed by atoms with van der Waals surface area (Å²) in [5.41, 5.74) is 0.861. The van der Waals surface area contributed by atoms with Gasteiger partial charge < -0.3 is 14.2 Å². The lowest BCUT2D eigenvalue weighted by Crippen LogP contribution is -2.12. The van der Waals surface area contributed by atoms with E-state index in [0.717, 1.165) is 16.7 Å². The van der Waals surface area contributed by atoms with Crippen molar-refractivity contribution in [1.29, 1.82) is 0 Å². The highest BCUT2D eigenvalue weighted by Crippen LogP contribution is 2.20. The molecule has 5 nitrogen and oxygen atoms in total. The minimum atomic E-state index is 0.419. The number of nitrogens with zero attached hydrogens (tertiary/aromatic N) is 2. The van der Waals surface area contributed by atoms with Crippen LogP contribution in [0.5, 0.6) is 11.6 Å². The van der Waals surface area contributed by atoms with E-state index >= 15 is 0 Å². The lowest BCUT2D eigenvalue weighted by atomic mass is 10.2. The Morgan fingerprint density at radius 3 is 2.38 bits per heavy atom. The number of ether oxygens (including phenoxy) is 3. The molecule has 0 atom stereocenters. The quantitative estimate of drug-likeness (QED) is 0.582. The Morgan fingerprint density at radius 1 is 0.792 bits per heavy atom. The predicted molar refractivity (Wildman–Crippen MR) is 92.8 cm³/mol. The van der Waals surface area contributed by atoms with Crippen LogP contribution in [0.1, 0.15) is 0 Å². The van der Waals surface area contributed by atoms with Crippen molar-refractivity contribution in [3.8, 4) is 11.6 Å². The topological polar surface area (TPSA) is 53.5 Å². The molecule has 3 aromatic rings. The van der Waals surface area contributed by atoms with Gasteiger partial charge in [0.2, 0.25) is 5.88 Å². The average Bonchev–Trinajstić information content (AvgIpc) is 2.62. The molecule has 0 saturated heterocycles. The van der Waals surface area contributed by atoms with Gasteiger partial charge in [0.25, 0.3) is 0 Å². The van der Waals surface area contributed by atoms with Crippen LogP contribution < -0.4 is 9.47 Å². The molecule has 24 heavy (non-hydrogen) atoms. The number of para-hydroxylation sites is 1. The molecular formula is C18H17ClN2O3. The molecule has 0 aliphatic rings. The molecular weight excluding hydrogens is 328 g/mol. The second kappa shape index (κ2) is 8.47. The molecule has 0 unspecified atom stereocenters. The van der Waals surface area contributed by atoms with Gasteiger partial charge in [0.05, 0.1) is 24.1 Å². The molecule has 0 aliphatic heterocycles. The van der Waals surface area contributed by atoms with Crippen molar-refractivity contribution >= 4 is 22.5 Å². The number of halogens is 1. The smallest absolute Gasteiger partial charge is 0.224 e. The molecule has 0 bridgehead atoms. The van der Waals surface area contributed by atoms with Gasteiger partial charge in [-0.25, -0.2) is 9.97 Å². The molecule has 0 aliphatic carbocycles. The fraction of sp³-hybridized carbons (Fsp3) is 0.222. The maximum atomic E-state index is 5.81. The van der Waals surface area contributed by atoms with Crippen molar-refractivity contribution in [1.82, 2.24) is 9.97 Å². The summed E-state index contributed by atoms with van der Waals surface area (Å²) in [6, 6.07) is 15.0. The average molecular weight is 345 g/mol. The first kappa shape index (κ1) is 16.5. The third-order valence-corrected chi connectivity index (χ3v) is 3.53. The Hall–Kier alpha value is -2.37. The Bertz CT molecular complexity index is 775. The van der Waals surface area contributed by atoms with Gasteiger partial charge in [0.1, 0.15) is 25.3 Å². The molecule has 6 heteroatoms. The van der Waals surface area contributed by atoms with E-state index in [1.54, 1.807) is 12.1 Å². The maximum absolute atomic E-state index is 5.81. The Labute approximate surface area is 145 Å². The molecule has 1 aromatic heterocycles. The zero-order chi connectivity index (χ0) is 16.6. The summed E-state index contributed by atoms with van der Waals surface area (Å²) < 4.78 is 16.7. The summed E-state index contributed by atoms with van der Waals surface area (Å²) >= 11 is 5.81. The fourth-order valence-corrected chi connectivity index (χ4v) is 2.27. The summed E-state index contributed by atoms with van der Waals surface area (Å²) in [7, 11) is 0. The van der Waals surface area contributed by atoms with E-state index in [1.807, 2.05) is 36.4 Å². The highest BCUT2D eigenvalue weighted by atomic mass is 35.5. The van der Waals surface area contributed by atoms with Crippen LogP contribution in [0.4, 0.5) is 0 Å². The predicted octanol–water partition coefficient (Wildman–Crippen LogP) is 3.76. The van der Waals surface area contributed by atoms with Crippen LogP contribution >= 0.6 is 11.6 Å². The maximum Gasteiger partial charge on any atom is 0.224 e. The van der Waals surface area contributed by atoms with E-state index in [-0.39, 0.29) is 0 Å². The Kier molecular flexibility index (Phi) is 5.82. The van der Waals surface area contributed by atoms with E-state index in [9.17, 15) is 0 Å². The lowest BCUT2D eigenvalue weighted by molar-refractivity contribution is 0.0757. The SMILES string of the molecule is Clc1ccc(OCCOCCOc2ncnc3ccccc23)cc1. The van der Waals surface area contributed by atoms with Crippen LogP contribution in [0.25, 0.3) is 10.9 Å². The van der Waals surface area contributed by atoms with E-state index in [1.165, 1.54) is 6.33 Å². The molecule has 2 aromatic carbocycles. The second-order valence-corrected chi connectivity index (χ2v) is 5.40. The fourth-order valence-electron chi connectivity index (χ4n) is 2.14. The van der Waals surface area contributed by atoms with Gasteiger partial charge in [-0.15, -0.1) is 0 Å². The van der Waals surface area contributed by atoms with Crippen LogP contribution in [-0.2, 0) is 4.74 Å². The van der Waals surface area contributed by atoms with Gasteiger partial charge >= 0.3 is 0 Å². The normalized spacial score (nSPS) is 10.7. The third-order valence-electron chi connectivity index (χ3n) is 3.28. The first-order valence-corrected chi connectivity index (χ1v) is 7.99. The molecule has 1 heterocycles. The van der Waals surface area contributed by atoms with Crippen LogP contribution in [0.15, 0.2) is 54.9 Å². The molecule has 0 saturated carbocycles. The van der Waals surface area contributed by atoms with Gasteiger partial charge in [-0.1, -0.05) is 23.7 Å². The molecule has 3 rings (SSSR count). The van der Waals surface area contributed by atoms with Crippen molar-refractivity contribution in [3.05, 3.63) is 59.9 Å². The highest BCUT2D eigenvalue weighted by molar-refractivity contribution is 6.30. The van der Waals surface area contributed by atoms with Crippen LogP contribution in [0, 0.1) is 0 Å². The Morgan fingerprint density at radius 2 is 1.54 bits per heavy atom. The number of hydrogen-bond donors (Lipinski definition) is 0. The van der Waals surface area contributed by atoms with Crippen LogP contribution in [0.2, 0.25) is 5.02 Å². The van der Waals surface area contributed by atoms with Crippen molar-refractivity contribution in [3.63, 3.8) is 0 Å². The monoisotopic (exact) mass is 344 g/mol. The van der Waals surface area contributed by atoms with Gasteiger partial charge in [-0.05, 0) is 36.4 Å². The van der Waals surface area contributed by atoms with Crippen molar-refractivity contribution < 1.29 is 14.2 Å². The molecule has 0 radical (unpaired) electrons. The van der Waals surface area contributed by atoms with E-state index in [2.05, 4.69) is 9.97 Å². The highest BCUT2D eigenvalue weighted by Gasteiger charge is 2.03. The van der Waals surface area contributed by atoms with Crippen molar-refractivity contribution in [2.75, 3.05) is 26.4 Å². The minimum absolute atomic E-state index is 0.419. The summed E-state index contributed by atoms with van der Waals surface area (Å²) in [5.74, 6) is 1.34. The zero-order valence-electron chi connectivity index (χ0n) is 13.0. The number of rotatable bonds is 8. The van der Waals surface area contributed by atoms with Crippen LogP contribution in [0.3, 0.4) is 0 Å². The Balaban J connectivity index is 1.36. The van der Waals surface area contributed by atoms with E-state index in [4.69, 9.17) is 25.8 Å². The van der Waals surface area contributed by atoms with E-state index in [0.29, 0.717) is 37.3 Å². The largest absolute Gasteiger partial charge is 0.491 e. The van der Waals surface area contributed by atoms with Crippen molar-refractivity contribution in [2.45, 2.75) is 0 Å². The van der Waals surface area contributed by atoms with Gasteiger partial charge in [0.15, 0.2) is 0 Å². The number of fused-ring (bicyclic) bond motifs is 1. The lowest BCUT2D eigenvalue weighted by Gasteiger charge is -2.09. The molecule has 124 valence electrons. The molecule has 0 spiro atoms. The summed E-state index contributed by atoms with van der Waals surface area (Å²) in [4.78, 5) is 8.36. The first-order chi connectivity index (χ1) is 11.8. The first-order valence-electron chi connectivity index (χ1n) is 7.61.